The number of halogens is 2. The van der Waals surface area contributed by atoms with Crippen molar-refractivity contribution in [3.8, 4) is 22.3 Å². The Morgan fingerprint density at radius 3 is 2.34 bits per heavy atom. The first kappa shape index (κ1) is 21.1. The van der Waals surface area contributed by atoms with Gasteiger partial charge in [0.25, 0.3) is 0 Å². The molecule has 0 saturated carbocycles. The molecule has 1 atom stereocenters. The lowest BCUT2D eigenvalue weighted by atomic mass is 10.0. The monoisotopic (exact) mass is 423 g/mol. The van der Waals surface area contributed by atoms with Crippen molar-refractivity contribution >= 4 is 34.4 Å². The molecule has 29 heavy (non-hydrogen) atoms. The fraction of sp³-hybridized carbons (Fsp3) is 0.208. The van der Waals surface area contributed by atoms with E-state index in [1.54, 1.807) is 35.6 Å². The number of isothiocyanates is 1. The van der Waals surface area contributed by atoms with Crippen LogP contribution in [0.2, 0.25) is 0 Å². The van der Waals surface area contributed by atoms with Crippen LogP contribution in [0.1, 0.15) is 36.3 Å². The van der Waals surface area contributed by atoms with Crippen molar-refractivity contribution in [1.82, 2.24) is 0 Å². The Kier molecular flexibility index (Phi) is 7.06. The molecule has 5 heteroatoms. The Morgan fingerprint density at radius 1 is 1.03 bits per heavy atom. The van der Waals surface area contributed by atoms with Crippen molar-refractivity contribution < 1.29 is 8.78 Å². The van der Waals surface area contributed by atoms with Gasteiger partial charge in [-0.1, -0.05) is 32.1 Å². The van der Waals surface area contributed by atoms with Crippen molar-refractivity contribution in [2.45, 2.75) is 26.7 Å². The molecule has 0 spiro atoms. The van der Waals surface area contributed by atoms with Crippen LogP contribution in [0.5, 0.6) is 0 Å². The lowest BCUT2D eigenvalue weighted by Crippen LogP contribution is -1.94. The Labute approximate surface area is 179 Å². The molecular formula is C24H19F2NS2. The van der Waals surface area contributed by atoms with E-state index < -0.39 is 11.6 Å². The van der Waals surface area contributed by atoms with E-state index in [0.717, 1.165) is 17.7 Å². The summed E-state index contributed by atoms with van der Waals surface area (Å²) in [6.45, 7) is 4.36. The zero-order valence-corrected chi connectivity index (χ0v) is 17.8. The number of nitrogens with zero attached hydrogens (tertiary/aromatic N) is 1. The normalized spacial score (nSPS) is 11.3. The van der Waals surface area contributed by atoms with E-state index in [1.165, 1.54) is 17.0 Å². The molecule has 3 rings (SSSR count). The molecule has 0 aliphatic rings. The smallest absolute Gasteiger partial charge is 0.142 e. The molecule has 2 aromatic carbocycles. The molecule has 0 amide bonds. The second kappa shape index (κ2) is 9.71. The Bertz CT molecular complexity index is 1090. The summed E-state index contributed by atoms with van der Waals surface area (Å²) < 4.78 is 29.1. The quantitative estimate of drug-likeness (QED) is 0.236. The van der Waals surface area contributed by atoms with Gasteiger partial charge in [-0.05, 0) is 78.7 Å². The van der Waals surface area contributed by atoms with Crippen LogP contribution in [-0.2, 0) is 6.42 Å². The zero-order valence-electron chi connectivity index (χ0n) is 16.1. The minimum absolute atomic E-state index is 0.230. The minimum Gasteiger partial charge on any atom is -0.205 e. The van der Waals surface area contributed by atoms with Crippen molar-refractivity contribution in [3.05, 3.63) is 76.2 Å². The first-order valence-electron chi connectivity index (χ1n) is 9.28. The van der Waals surface area contributed by atoms with Crippen LogP contribution < -0.4 is 0 Å². The Balaban J connectivity index is 1.84. The van der Waals surface area contributed by atoms with Crippen LogP contribution in [0, 0.1) is 29.4 Å². The summed E-state index contributed by atoms with van der Waals surface area (Å²) in [5, 5.41) is 2.28. The summed E-state index contributed by atoms with van der Waals surface area (Å²) in [5.74, 6) is 4.66. The van der Waals surface area contributed by atoms with Gasteiger partial charge in [0.05, 0.1) is 16.4 Å². The highest BCUT2D eigenvalue weighted by Crippen LogP contribution is 2.32. The number of thiocarbonyl (C=S) groups is 1. The number of aliphatic imine (C=N–C) groups is 1. The molecule has 1 aromatic heterocycles. The Morgan fingerprint density at radius 2 is 1.72 bits per heavy atom. The third kappa shape index (κ3) is 5.46. The van der Waals surface area contributed by atoms with Gasteiger partial charge in [-0.3, -0.25) is 0 Å². The third-order valence-electron chi connectivity index (χ3n) is 4.61. The highest BCUT2D eigenvalue weighted by Gasteiger charge is 2.13. The summed E-state index contributed by atoms with van der Waals surface area (Å²) >= 11 is 6.13. The van der Waals surface area contributed by atoms with E-state index in [9.17, 15) is 8.78 Å². The molecule has 0 fully saturated rings. The number of hydrogen-bond donors (Lipinski definition) is 0. The van der Waals surface area contributed by atoms with E-state index >= 15 is 0 Å². The zero-order chi connectivity index (χ0) is 20.8. The average molecular weight is 424 g/mol. The van der Waals surface area contributed by atoms with E-state index in [2.05, 4.69) is 48.1 Å². The summed E-state index contributed by atoms with van der Waals surface area (Å²) in [4.78, 5) is 5.93. The maximum atomic E-state index is 14.6. The van der Waals surface area contributed by atoms with Gasteiger partial charge in [-0.15, -0.1) is 11.3 Å². The number of benzene rings is 2. The lowest BCUT2D eigenvalue weighted by molar-refractivity contribution is 0.565. The van der Waals surface area contributed by atoms with Crippen molar-refractivity contribution in [2.24, 2.45) is 10.9 Å². The summed E-state index contributed by atoms with van der Waals surface area (Å²) in [6, 6.07) is 13.5. The molecule has 1 heterocycles. The van der Waals surface area contributed by atoms with Crippen LogP contribution in [0.15, 0.2) is 53.5 Å². The van der Waals surface area contributed by atoms with Crippen molar-refractivity contribution in [2.75, 3.05) is 0 Å². The topological polar surface area (TPSA) is 12.4 Å². The number of rotatable bonds is 5. The molecule has 0 radical (unpaired) electrons. The van der Waals surface area contributed by atoms with E-state index in [-0.39, 0.29) is 5.56 Å². The van der Waals surface area contributed by atoms with Crippen LogP contribution in [0.3, 0.4) is 0 Å². The average Bonchev–Trinajstić information content (AvgIpc) is 3.17. The van der Waals surface area contributed by atoms with Crippen molar-refractivity contribution in [3.63, 3.8) is 0 Å². The third-order valence-corrected chi connectivity index (χ3v) is 5.86. The van der Waals surface area contributed by atoms with Gasteiger partial charge < -0.3 is 0 Å². The molecule has 0 bridgehead atoms. The molecule has 1 unspecified atom stereocenters. The Hall–Kier alpha value is -2.64. The van der Waals surface area contributed by atoms with E-state index in [1.807, 2.05) is 12.1 Å². The lowest BCUT2D eigenvalue weighted by Gasteiger charge is -2.05. The molecule has 1 nitrogen and oxygen atoms in total. The first-order chi connectivity index (χ1) is 14.0. The van der Waals surface area contributed by atoms with Crippen LogP contribution >= 0.6 is 23.6 Å². The highest BCUT2D eigenvalue weighted by atomic mass is 32.1. The minimum atomic E-state index is -0.661. The van der Waals surface area contributed by atoms with Gasteiger partial charge in [0.15, 0.2) is 0 Å². The number of thiophene rings is 1. The molecule has 146 valence electrons. The highest BCUT2D eigenvalue weighted by molar-refractivity contribution is 7.78. The summed E-state index contributed by atoms with van der Waals surface area (Å²) in [7, 11) is 0. The van der Waals surface area contributed by atoms with Gasteiger partial charge in [-0.25, -0.2) is 8.78 Å². The summed E-state index contributed by atoms with van der Waals surface area (Å²) in [6.07, 6.45) is 2.08. The largest absolute Gasteiger partial charge is 0.205 e. The fourth-order valence-electron chi connectivity index (χ4n) is 2.77. The molecule has 0 aliphatic heterocycles. The molecule has 3 aromatic rings. The first-order valence-corrected chi connectivity index (χ1v) is 10.5. The maximum absolute atomic E-state index is 14.6. The molecule has 0 aliphatic carbocycles. The fourth-order valence-corrected chi connectivity index (χ4v) is 4.04. The van der Waals surface area contributed by atoms with Crippen LogP contribution in [0.4, 0.5) is 14.5 Å². The van der Waals surface area contributed by atoms with Gasteiger partial charge in [0.2, 0.25) is 0 Å². The maximum Gasteiger partial charge on any atom is 0.142 e. The molecule has 0 saturated heterocycles. The molecule has 0 N–H and O–H groups in total. The SMILES string of the molecule is CCC(C)Cc1ccc(-c2cc(F)c(C#Cc3ccc(N=C=S)cc3)c(F)c2)s1. The van der Waals surface area contributed by atoms with E-state index in [4.69, 9.17) is 0 Å². The van der Waals surface area contributed by atoms with Crippen LogP contribution in [-0.4, -0.2) is 5.16 Å². The van der Waals surface area contributed by atoms with Crippen LogP contribution in [0.25, 0.3) is 10.4 Å². The second-order valence-electron chi connectivity index (χ2n) is 6.80. The standard InChI is InChI=1S/C24H19F2NS2/c1-3-16(2)12-20-9-11-24(29-20)18-13-22(25)21(23(26)14-18)10-6-17-4-7-19(8-5-17)27-15-28/h4-5,7-9,11,13-14,16H,3,12H2,1-2H3. The van der Waals surface area contributed by atoms with Crippen molar-refractivity contribution in [1.29, 1.82) is 0 Å². The van der Waals surface area contributed by atoms with Gasteiger partial charge in [0.1, 0.15) is 11.6 Å². The van der Waals surface area contributed by atoms with Gasteiger partial charge in [-0.2, -0.15) is 4.99 Å². The van der Waals surface area contributed by atoms with Gasteiger partial charge in [0, 0.05) is 15.3 Å². The van der Waals surface area contributed by atoms with E-state index in [0.29, 0.717) is 22.7 Å². The second-order valence-corrected chi connectivity index (χ2v) is 8.15. The molecular weight excluding hydrogens is 404 g/mol. The predicted molar refractivity (Wildman–Crippen MR) is 120 cm³/mol. The number of hydrogen-bond acceptors (Lipinski definition) is 3. The summed E-state index contributed by atoms with van der Waals surface area (Å²) in [5.41, 5.74) is 1.58. The van der Waals surface area contributed by atoms with Gasteiger partial charge >= 0.3 is 0 Å². The predicted octanol–water partition coefficient (Wildman–Crippen LogP) is 7.42.